The van der Waals surface area contributed by atoms with Crippen LogP contribution >= 0.6 is 15.9 Å². The zero-order valence-corrected chi connectivity index (χ0v) is 20.8. The van der Waals surface area contributed by atoms with E-state index in [-0.39, 0.29) is 10.6 Å². The van der Waals surface area contributed by atoms with Gasteiger partial charge < -0.3 is 4.74 Å². The molecule has 172 valence electrons. The maximum atomic E-state index is 12.7. The summed E-state index contributed by atoms with van der Waals surface area (Å²) in [5.41, 5.74) is 3.07. The normalized spacial score (nSPS) is 11.6. The first-order chi connectivity index (χ1) is 16.3. The zero-order chi connectivity index (χ0) is 24.1. The first kappa shape index (κ1) is 23.7. The molecule has 0 radical (unpaired) electrons. The van der Waals surface area contributed by atoms with Crippen molar-refractivity contribution in [3.05, 3.63) is 112 Å². The van der Waals surface area contributed by atoms with Gasteiger partial charge in [0.05, 0.1) is 7.11 Å². The van der Waals surface area contributed by atoms with Crippen molar-refractivity contribution in [3.8, 4) is 5.75 Å². The topological polar surface area (TPSA) is 72.5 Å². The molecular formula is C27H22BrNO4S. The average Bonchev–Trinajstić information content (AvgIpc) is 2.83. The van der Waals surface area contributed by atoms with E-state index in [1.165, 1.54) is 41.7 Å². The number of hydrogen-bond donors (Lipinski definition) is 1. The summed E-state index contributed by atoms with van der Waals surface area (Å²) < 4.78 is 33.1. The number of nitrogens with one attached hydrogen (secondary N) is 1. The van der Waals surface area contributed by atoms with Gasteiger partial charge in [-0.15, -0.1) is 0 Å². The summed E-state index contributed by atoms with van der Waals surface area (Å²) in [6, 6.07) is 26.9. The minimum Gasteiger partial charge on any atom is -0.495 e. The molecule has 0 saturated heterocycles. The fraction of sp³-hybridized carbons (Fsp3) is 0.0741. The van der Waals surface area contributed by atoms with Gasteiger partial charge in [0.2, 0.25) is 0 Å². The van der Waals surface area contributed by atoms with Gasteiger partial charge in [0, 0.05) is 10.5 Å². The fourth-order valence-corrected chi connectivity index (χ4v) is 5.30. The Labute approximate surface area is 207 Å². The molecular weight excluding hydrogens is 514 g/mol. The van der Waals surface area contributed by atoms with Crippen LogP contribution in [-0.4, -0.2) is 21.4 Å². The molecule has 0 aliphatic heterocycles. The van der Waals surface area contributed by atoms with Gasteiger partial charge in [-0.2, -0.15) is 0 Å². The van der Waals surface area contributed by atoms with Crippen molar-refractivity contribution in [1.29, 1.82) is 0 Å². The zero-order valence-electron chi connectivity index (χ0n) is 18.4. The summed E-state index contributed by atoms with van der Waals surface area (Å²) in [6.45, 7) is 0. The van der Waals surface area contributed by atoms with Crippen LogP contribution in [0.1, 0.15) is 16.7 Å². The number of halogens is 1. The van der Waals surface area contributed by atoms with E-state index < -0.39 is 15.9 Å². The van der Waals surface area contributed by atoms with E-state index in [1.54, 1.807) is 12.1 Å². The Kier molecular flexibility index (Phi) is 7.14. The van der Waals surface area contributed by atoms with Gasteiger partial charge in [0.25, 0.3) is 15.9 Å². The molecule has 0 aromatic heterocycles. The summed E-state index contributed by atoms with van der Waals surface area (Å²) in [7, 11) is -2.73. The molecule has 4 aromatic rings. The van der Waals surface area contributed by atoms with Crippen LogP contribution in [0.5, 0.6) is 5.75 Å². The van der Waals surface area contributed by atoms with E-state index in [2.05, 4.69) is 51.0 Å². The summed E-state index contributed by atoms with van der Waals surface area (Å²) >= 11 is 3.24. The van der Waals surface area contributed by atoms with Crippen LogP contribution in [0.3, 0.4) is 0 Å². The van der Waals surface area contributed by atoms with Gasteiger partial charge in [-0.25, -0.2) is 13.1 Å². The maximum Gasteiger partial charge on any atom is 0.268 e. The van der Waals surface area contributed by atoms with Crippen molar-refractivity contribution in [2.45, 2.75) is 11.3 Å². The molecule has 5 nitrogen and oxygen atoms in total. The lowest BCUT2D eigenvalue weighted by molar-refractivity contribution is -0.114. The Bertz CT molecular complexity index is 1500. The third-order valence-electron chi connectivity index (χ3n) is 5.25. The van der Waals surface area contributed by atoms with E-state index in [0.717, 1.165) is 17.5 Å². The molecule has 7 heteroatoms. The van der Waals surface area contributed by atoms with Crippen LogP contribution in [0, 0.1) is 0 Å². The molecule has 0 bridgehead atoms. The number of hydrogen-bond acceptors (Lipinski definition) is 4. The Morgan fingerprint density at radius 2 is 1.68 bits per heavy atom. The standard InChI is InChI=1S/C27H22BrNO4S/c1-33-25-13-12-24(28)18-26(25)34(31,32)29-27(30)14-10-19-5-4-6-20(15-19)16-21-9-11-22-7-2-3-8-23(22)17-21/h2-15,17-18H,16H2,1H3,(H,29,30)/b14-10+. The number of benzene rings is 4. The monoisotopic (exact) mass is 535 g/mol. The van der Waals surface area contributed by atoms with E-state index in [9.17, 15) is 13.2 Å². The van der Waals surface area contributed by atoms with Gasteiger partial charge in [-0.1, -0.05) is 82.7 Å². The highest BCUT2D eigenvalue weighted by molar-refractivity contribution is 9.10. The molecule has 1 amide bonds. The summed E-state index contributed by atoms with van der Waals surface area (Å²) in [5, 5.41) is 2.39. The van der Waals surface area contributed by atoms with Crippen LogP contribution in [0.4, 0.5) is 0 Å². The van der Waals surface area contributed by atoms with E-state index in [0.29, 0.717) is 4.47 Å². The van der Waals surface area contributed by atoms with Crippen LogP contribution in [-0.2, 0) is 21.2 Å². The molecule has 0 unspecified atom stereocenters. The summed E-state index contributed by atoms with van der Waals surface area (Å²) in [6.07, 6.45) is 3.54. The highest BCUT2D eigenvalue weighted by atomic mass is 79.9. The quantitative estimate of drug-likeness (QED) is 0.307. The number of rotatable bonds is 7. The third-order valence-corrected chi connectivity index (χ3v) is 7.11. The van der Waals surface area contributed by atoms with Crippen molar-refractivity contribution in [1.82, 2.24) is 4.72 Å². The predicted octanol–water partition coefficient (Wildman–Crippen LogP) is 5.72. The van der Waals surface area contributed by atoms with Crippen molar-refractivity contribution >= 4 is 48.7 Å². The average molecular weight is 536 g/mol. The minimum atomic E-state index is -4.10. The molecule has 0 saturated carbocycles. The molecule has 4 rings (SSSR count). The predicted molar refractivity (Wildman–Crippen MR) is 138 cm³/mol. The lowest BCUT2D eigenvalue weighted by atomic mass is 10.00. The number of carbonyl (C=O) groups excluding carboxylic acids is 1. The van der Waals surface area contributed by atoms with Crippen molar-refractivity contribution in [2.24, 2.45) is 0 Å². The van der Waals surface area contributed by atoms with Crippen LogP contribution in [0.25, 0.3) is 16.8 Å². The lowest BCUT2D eigenvalue weighted by Crippen LogP contribution is -2.29. The molecule has 4 aromatic carbocycles. The molecule has 0 heterocycles. The Balaban J connectivity index is 1.47. The highest BCUT2D eigenvalue weighted by Gasteiger charge is 2.21. The highest BCUT2D eigenvalue weighted by Crippen LogP contribution is 2.27. The van der Waals surface area contributed by atoms with Crippen LogP contribution in [0.15, 0.2) is 100 Å². The van der Waals surface area contributed by atoms with Crippen molar-refractivity contribution in [2.75, 3.05) is 7.11 Å². The number of amides is 1. The molecule has 34 heavy (non-hydrogen) atoms. The van der Waals surface area contributed by atoms with Gasteiger partial charge in [0.1, 0.15) is 10.6 Å². The minimum absolute atomic E-state index is 0.122. The molecule has 1 N–H and O–H groups in total. The molecule has 0 aliphatic carbocycles. The second-order valence-electron chi connectivity index (χ2n) is 7.70. The lowest BCUT2D eigenvalue weighted by Gasteiger charge is -2.10. The SMILES string of the molecule is COc1ccc(Br)cc1S(=O)(=O)NC(=O)/C=C/c1cccc(Cc2ccc3ccccc3c2)c1. The number of carbonyl (C=O) groups is 1. The first-order valence-corrected chi connectivity index (χ1v) is 12.8. The molecule has 0 atom stereocenters. The second kappa shape index (κ2) is 10.2. The first-order valence-electron chi connectivity index (χ1n) is 10.5. The van der Waals surface area contributed by atoms with Gasteiger partial charge in [-0.3, -0.25) is 4.79 Å². The summed E-state index contributed by atoms with van der Waals surface area (Å²) in [5.74, 6) is -0.601. The smallest absolute Gasteiger partial charge is 0.268 e. The van der Waals surface area contributed by atoms with Crippen LogP contribution in [0.2, 0.25) is 0 Å². The Morgan fingerprint density at radius 3 is 2.47 bits per heavy atom. The molecule has 0 aliphatic rings. The largest absolute Gasteiger partial charge is 0.495 e. The number of fused-ring (bicyclic) bond motifs is 1. The fourth-order valence-electron chi connectivity index (χ4n) is 3.65. The second-order valence-corrected chi connectivity index (χ2v) is 10.3. The summed E-state index contributed by atoms with van der Waals surface area (Å²) in [4.78, 5) is 12.2. The maximum absolute atomic E-state index is 12.7. The number of methoxy groups -OCH3 is 1. The van der Waals surface area contributed by atoms with E-state index in [4.69, 9.17) is 4.74 Å². The molecule has 0 spiro atoms. The van der Waals surface area contributed by atoms with E-state index in [1.807, 2.05) is 36.4 Å². The van der Waals surface area contributed by atoms with Crippen molar-refractivity contribution in [3.63, 3.8) is 0 Å². The van der Waals surface area contributed by atoms with Crippen LogP contribution < -0.4 is 9.46 Å². The van der Waals surface area contributed by atoms with Gasteiger partial charge >= 0.3 is 0 Å². The van der Waals surface area contributed by atoms with Gasteiger partial charge in [0.15, 0.2) is 0 Å². The number of sulfonamides is 1. The Morgan fingerprint density at radius 1 is 0.912 bits per heavy atom. The number of ether oxygens (including phenoxy) is 1. The Hall–Kier alpha value is -3.42. The van der Waals surface area contributed by atoms with Gasteiger partial charge in [-0.05, 0) is 58.2 Å². The van der Waals surface area contributed by atoms with E-state index >= 15 is 0 Å². The third kappa shape index (κ3) is 5.73. The molecule has 0 fully saturated rings. The van der Waals surface area contributed by atoms with Crippen molar-refractivity contribution < 1.29 is 17.9 Å².